The fourth-order valence-electron chi connectivity index (χ4n) is 3.77. The number of rotatable bonds is 3. The van der Waals surface area contributed by atoms with E-state index in [2.05, 4.69) is 20.1 Å². The normalized spacial score (nSPS) is 13.2. The summed E-state index contributed by atoms with van der Waals surface area (Å²) >= 11 is 0. The zero-order chi connectivity index (χ0) is 20.5. The molecule has 1 aliphatic heterocycles. The average molecular weight is 394 g/mol. The van der Waals surface area contributed by atoms with Crippen LogP contribution in [-0.4, -0.2) is 15.7 Å². The Balaban J connectivity index is 1.81. The lowest BCUT2D eigenvalue weighted by Crippen LogP contribution is -2.01. The molecule has 0 fully saturated rings. The molecular formula is C24H15FN4O. The fraction of sp³-hybridized carbons (Fsp3) is 0.0417. The third kappa shape index (κ3) is 2.99. The van der Waals surface area contributed by atoms with Crippen molar-refractivity contribution in [1.82, 2.24) is 9.97 Å². The van der Waals surface area contributed by atoms with Crippen LogP contribution in [0.4, 0.5) is 10.1 Å². The minimum absolute atomic E-state index is 0.325. The predicted octanol–water partition coefficient (Wildman–Crippen LogP) is 5.60. The average Bonchev–Trinajstić information content (AvgIpc) is 2.99. The number of nitroso groups, excluding NO2 is 1. The number of nitrogens with zero attached hydrogens (tertiary/aromatic N) is 4. The van der Waals surface area contributed by atoms with Crippen molar-refractivity contribution in [2.75, 3.05) is 0 Å². The molecule has 144 valence electrons. The van der Waals surface area contributed by atoms with E-state index in [9.17, 15) is 9.30 Å². The highest BCUT2D eigenvalue weighted by Crippen LogP contribution is 2.36. The van der Waals surface area contributed by atoms with E-state index in [1.165, 1.54) is 6.07 Å². The molecule has 0 spiro atoms. The molecule has 6 heteroatoms. The second-order valence-electron chi connectivity index (χ2n) is 6.88. The maximum Gasteiger partial charge on any atom is 0.132 e. The number of halogens is 1. The van der Waals surface area contributed by atoms with E-state index >= 15 is 0 Å². The van der Waals surface area contributed by atoms with Gasteiger partial charge in [0.2, 0.25) is 0 Å². The maximum absolute atomic E-state index is 14.5. The number of hydrogen-bond acceptors (Lipinski definition) is 5. The number of benzene rings is 2. The van der Waals surface area contributed by atoms with Crippen LogP contribution in [0, 0.1) is 10.7 Å². The third-order valence-corrected chi connectivity index (χ3v) is 5.19. The van der Waals surface area contributed by atoms with Crippen molar-refractivity contribution >= 4 is 27.7 Å². The van der Waals surface area contributed by atoms with E-state index < -0.39 is 0 Å². The largest absolute Gasteiger partial charge is 0.278 e. The lowest BCUT2D eigenvalue weighted by molar-refractivity contribution is 0.625. The zero-order valence-electron chi connectivity index (χ0n) is 15.8. The van der Waals surface area contributed by atoms with Gasteiger partial charge in [0, 0.05) is 35.1 Å². The van der Waals surface area contributed by atoms with E-state index in [1.807, 2.05) is 30.3 Å². The summed E-state index contributed by atoms with van der Waals surface area (Å²) in [6.45, 7) is 0.341. The Labute approximate surface area is 171 Å². The summed E-state index contributed by atoms with van der Waals surface area (Å²) in [6, 6.07) is 15.8. The summed E-state index contributed by atoms with van der Waals surface area (Å²) in [5.74, 6) is -0.333. The second-order valence-corrected chi connectivity index (χ2v) is 6.88. The van der Waals surface area contributed by atoms with E-state index in [4.69, 9.17) is 0 Å². The second kappa shape index (κ2) is 7.40. The fourth-order valence-corrected chi connectivity index (χ4v) is 3.77. The summed E-state index contributed by atoms with van der Waals surface area (Å²) in [4.78, 5) is 24.6. The maximum atomic E-state index is 14.5. The monoisotopic (exact) mass is 394 g/mol. The first-order valence-corrected chi connectivity index (χ1v) is 9.42. The molecule has 0 aliphatic carbocycles. The van der Waals surface area contributed by atoms with Crippen molar-refractivity contribution in [3.05, 3.63) is 112 Å². The Morgan fingerprint density at radius 3 is 2.60 bits per heavy atom. The first-order valence-electron chi connectivity index (χ1n) is 9.42. The highest BCUT2D eigenvalue weighted by Gasteiger charge is 2.20. The summed E-state index contributed by atoms with van der Waals surface area (Å²) < 4.78 is 14.5. The van der Waals surface area contributed by atoms with E-state index in [1.54, 1.807) is 42.9 Å². The Hall–Kier alpha value is -4.06. The molecular weight excluding hydrogens is 379 g/mol. The highest BCUT2D eigenvalue weighted by atomic mass is 19.1. The molecule has 0 amide bonds. The van der Waals surface area contributed by atoms with Gasteiger partial charge in [-0.15, -0.1) is 4.91 Å². The zero-order valence-corrected chi connectivity index (χ0v) is 15.8. The van der Waals surface area contributed by atoms with Gasteiger partial charge in [-0.2, -0.15) is 0 Å². The molecule has 0 saturated carbocycles. The smallest absolute Gasteiger partial charge is 0.132 e. The van der Waals surface area contributed by atoms with Gasteiger partial charge in [-0.25, -0.2) is 4.39 Å². The number of aromatic nitrogens is 2. The van der Waals surface area contributed by atoms with Gasteiger partial charge in [-0.05, 0) is 58.1 Å². The molecule has 30 heavy (non-hydrogen) atoms. The van der Waals surface area contributed by atoms with Gasteiger partial charge in [0.15, 0.2) is 0 Å². The summed E-state index contributed by atoms with van der Waals surface area (Å²) in [7, 11) is 0. The molecule has 0 bridgehead atoms. The summed E-state index contributed by atoms with van der Waals surface area (Å²) in [5.41, 5.74) is 4.74. The van der Waals surface area contributed by atoms with Crippen LogP contribution in [0.25, 0.3) is 16.3 Å². The van der Waals surface area contributed by atoms with Crippen LogP contribution >= 0.6 is 0 Å². The molecule has 0 saturated heterocycles. The number of aliphatic imine (C=N–C) groups is 1. The lowest BCUT2D eigenvalue weighted by atomic mass is 9.91. The Morgan fingerprint density at radius 1 is 0.867 bits per heavy atom. The summed E-state index contributed by atoms with van der Waals surface area (Å²) in [5, 5.41) is 4.62. The van der Waals surface area contributed by atoms with Gasteiger partial charge in [0.1, 0.15) is 11.5 Å². The van der Waals surface area contributed by atoms with Crippen molar-refractivity contribution in [2.45, 2.75) is 6.54 Å². The van der Waals surface area contributed by atoms with Crippen LogP contribution in [0.15, 0.2) is 89.4 Å². The van der Waals surface area contributed by atoms with E-state index in [0.29, 0.717) is 28.9 Å². The van der Waals surface area contributed by atoms with Gasteiger partial charge in [0.05, 0.1) is 18.0 Å². The van der Waals surface area contributed by atoms with Gasteiger partial charge in [-0.3, -0.25) is 15.0 Å². The molecule has 2 aromatic carbocycles. The molecule has 2 aromatic heterocycles. The van der Waals surface area contributed by atoms with Gasteiger partial charge in [-0.1, -0.05) is 24.3 Å². The van der Waals surface area contributed by atoms with Crippen LogP contribution in [0.3, 0.4) is 0 Å². The molecule has 0 atom stereocenters. The van der Waals surface area contributed by atoms with Crippen LogP contribution < -0.4 is 0 Å². The molecule has 3 heterocycles. The first kappa shape index (κ1) is 18.0. The first-order chi connectivity index (χ1) is 14.8. The Morgan fingerprint density at radius 2 is 1.73 bits per heavy atom. The quantitative estimate of drug-likeness (QED) is 0.425. The molecule has 0 N–H and O–H groups in total. The van der Waals surface area contributed by atoms with E-state index in [-0.39, 0.29) is 5.82 Å². The Bertz CT molecular complexity index is 1360. The minimum atomic E-state index is -0.333. The standard InChI is InChI=1S/C24H15FN4O/c25-21-6-2-1-4-18(21)23-12-19(17-5-3-10-27-24(17)14-28-23)15-7-8-22(29-30)20-13-26-11-9-16(15)20/h1-13H,14H2. The number of fused-ring (bicyclic) bond motifs is 2. The van der Waals surface area contributed by atoms with Crippen LogP contribution in [0.5, 0.6) is 0 Å². The minimum Gasteiger partial charge on any atom is -0.278 e. The molecule has 5 nitrogen and oxygen atoms in total. The topological polar surface area (TPSA) is 67.6 Å². The van der Waals surface area contributed by atoms with Crippen LogP contribution in [0.2, 0.25) is 0 Å². The SMILES string of the molecule is O=Nc1ccc(C2=CC(c3ccccc3F)=NCc3ncccc32)c2ccncc12. The molecule has 1 aliphatic rings. The van der Waals surface area contributed by atoms with Gasteiger partial charge >= 0.3 is 0 Å². The van der Waals surface area contributed by atoms with Crippen molar-refractivity contribution in [1.29, 1.82) is 0 Å². The molecule has 4 aromatic rings. The van der Waals surface area contributed by atoms with E-state index in [0.717, 1.165) is 27.8 Å². The van der Waals surface area contributed by atoms with Crippen molar-refractivity contribution in [3.63, 3.8) is 0 Å². The lowest BCUT2D eigenvalue weighted by Gasteiger charge is -2.13. The van der Waals surface area contributed by atoms with Crippen LogP contribution in [-0.2, 0) is 6.54 Å². The number of allylic oxidation sites excluding steroid dienone is 1. The van der Waals surface area contributed by atoms with Crippen molar-refractivity contribution in [3.8, 4) is 0 Å². The predicted molar refractivity (Wildman–Crippen MR) is 115 cm³/mol. The van der Waals surface area contributed by atoms with Gasteiger partial charge in [0.25, 0.3) is 0 Å². The summed E-state index contributed by atoms with van der Waals surface area (Å²) in [6.07, 6.45) is 6.91. The van der Waals surface area contributed by atoms with Crippen molar-refractivity contribution in [2.24, 2.45) is 10.2 Å². The highest BCUT2D eigenvalue weighted by molar-refractivity contribution is 6.16. The number of pyridine rings is 2. The molecule has 5 rings (SSSR count). The van der Waals surface area contributed by atoms with Crippen LogP contribution in [0.1, 0.15) is 22.4 Å². The Kier molecular flexibility index (Phi) is 4.44. The third-order valence-electron chi connectivity index (χ3n) is 5.19. The number of hydrogen-bond donors (Lipinski definition) is 0. The molecule has 0 unspecified atom stereocenters. The van der Waals surface area contributed by atoms with Gasteiger partial charge < -0.3 is 0 Å². The van der Waals surface area contributed by atoms with Crippen molar-refractivity contribution < 1.29 is 4.39 Å². The molecule has 0 radical (unpaired) electrons.